The van der Waals surface area contributed by atoms with Gasteiger partial charge >= 0.3 is 5.97 Å². The molecular formula is C16H19N3O2. The monoisotopic (exact) mass is 285 g/mol. The lowest BCUT2D eigenvalue weighted by atomic mass is 9.99. The summed E-state index contributed by atoms with van der Waals surface area (Å²) in [5, 5.41) is 12.3. The molecule has 0 aliphatic rings. The Balaban J connectivity index is 2.23. The van der Waals surface area contributed by atoms with Gasteiger partial charge in [0, 0.05) is 5.56 Å². The van der Waals surface area contributed by atoms with Gasteiger partial charge in [-0.25, -0.2) is 9.78 Å². The van der Waals surface area contributed by atoms with Gasteiger partial charge in [-0.2, -0.15) is 0 Å². The van der Waals surface area contributed by atoms with Crippen LogP contribution in [0.2, 0.25) is 0 Å². The minimum absolute atomic E-state index is 0.00433. The highest BCUT2D eigenvalue weighted by Crippen LogP contribution is 2.19. The number of nitrogens with one attached hydrogen (secondary N) is 1. The molecule has 5 heteroatoms. The lowest BCUT2D eigenvalue weighted by Crippen LogP contribution is -2.35. The van der Waals surface area contributed by atoms with Crippen LogP contribution in [-0.2, 0) is 4.79 Å². The predicted molar refractivity (Wildman–Crippen MR) is 82.0 cm³/mol. The van der Waals surface area contributed by atoms with Crippen molar-refractivity contribution in [2.75, 3.05) is 5.32 Å². The maximum atomic E-state index is 11.3. The van der Waals surface area contributed by atoms with E-state index in [0.717, 1.165) is 12.0 Å². The Bertz CT molecular complexity index is 601. The molecule has 0 aliphatic carbocycles. The van der Waals surface area contributed by atoms with E-state index in [2.05, 4.69) is 15.3 Å². The van der Waals surface area contributed by atoms with E-state index in [4.69, 9.17) is 0 Å². The Hall–Kier alpha value is -2.43. The third-order valence-electron chi connectivity index (χ3n) is 3.49. The average molecular weight is 285 g/mol. The van der Waals surface area contributed by atoms with Gasteiger partial charge in [0.05, 0.1) is 18.1 Å². The third kappa shape index (κ3) is 3.78. The number of benzene rings is 1. The van der Waals surface area contributed by atoms with Crippen molar-refractivity contribution in [3.8, 4) is 11.3 Å². The highest BCUT2D eigenvalue weighted by Gasteiger charge is 2.23. The van der Waals surface area contributed by atoms with Gasteiger partial charge < -0.3 is 10.4 Å². The minimum Gasteiger partial charge on any atom is -0.480 e. The van der Waals surface area contributed by atoms with Crippen LogP contribution in [0.5, 0.6) is 0 Å². The van der Waals surface area contributed by atoms with Crippen LogP contribution in [-0.4, -0.2) is 27.1 Å². The molecule has 0 saturated carbocycles. The first-order valence-corrected chi connectivity index (χ1v) is 6.98. The van der Waals surface area contributed by atoms with Gasteiger partial charge in [-0.3, -0.25) is 4.98 Å². The minimum atomic E-state index is -0.878. The van der Waals surface area contributed by atoms with Crippen molar-refractivity contribution in [2.24, 2.45) is 5.92 Å². The van der Waals surface area contributed by atoms with Crippen LogP contribution < -0.4 is 5.32 Å². The van der Waals surface area contributed by atoms with E-state index in [1.165, 1.54) is 0 Å². The molecule has 0 unspecified atom stereocenters. The molecule has 0 bridgehead atoms. The Kier molecular flexibility index (Phi) is 4.87. The smallest absolute Gasteiger partial charge is 0.326 e. The highest BCUT2D eigenvalue weighted by atomic mass is 16.4. The molecule has 2 aromatic rings. The zero-order valence-electron chi connectivity index (χ0n) is 12.2. The highest BCUT2D eigenvalue weighted by molar-refractivity contribution is 5.77. The number of nitrogens with zero attached hydrogens (tertiary/aromatic N) is 2. The van der Waals surface area contributed by atoms with E-state index in [1.54, 1.807) is 12.4 Å². The number of aliphatic carboxylic acids is 1. The third-order valence-corrected chi connectivity index (χ3v) is 3.49. The molecule has 0 aliphatic heterocycles. The summed E-state index contributed by atoms with van der Waals surface area (Å²) in [6, 6.07) is 9.00. The Labute approximate surface area is 124 Å². The fraction of sp³-hybridized carbons (Fsp3) is 0.312. The Morgan fingerprint density at radius 1 is 1.29 bits per heavy atom. The molecular weight excluding hydrogens is 266 g/mol. The van der Waals surface area contributed by atoms with Crippen LogP contribution in [0.1, 0.15) is 20.3 Å². The molecule has 5 nitrogen and oxygen atoms in total. The van der Waals surface area contributed by atoms with Crippen LogP contribution in [0.15, 0.2) is 42.7 Å². The van der Waals surface area contributed by atoms with E-state index < -0.39 is 12.0 Å². The van der Waals surface area contributed by atoms with Gasteiger partial charge in [-0.1, -0.05) is 50.6 Å². The zero-order chi connectivity index (χ0) is 15.2. The summed E-state index contributed by atoms with van der Waals surface area (Å²) < 4.78 is 0. The standard InChI is InChI=1S/C16H19N3O2/c1-3-11(2)15(16(20)21)19-14-10-17-9-13(18-14)12-7-5-4-6-8-12/h4-11,15H,3H2,1-2H3,(H,18,19)(H,20,21)/t11-,15-/m0/s1. The quantitative estimate of drug-likeness (QED) is 0.853. The first-order chi connectivity index (χ1) is 10.1. The molecule has 1 heterocycles. The molecule has 0 amide bonds. The molecule has 2 N–H and O–H groups in total. The van der Waals surface area contributed by atoms with E-state index in [-0.39, 0.29) is 5.92 Å². The summed E-state index contributed by atoms with van der Waals surface area (Å²) >= 11 is 0. The number of carboxylic acids is 1. The summed E-state index contributed by atoms with van der Waals surface area (Å²) in [5.74, 6) is -0.398. The van der Waals surface area contributed by atoms with E-state index >= 15 is 0 Å². The number of anilines is 1. The summed E-state index contributed by atoms with van der Waals surface area (Å²) in [4.78, 5) is 19.9. The van der Waals surface area contributed by atoms with E-state index in [9.17, 15) is 9.90 Å². The maximum Gasteiger partial charge on any atom is 0.326 e. The number of hydrogen-bond donors (Lipinski definition) is 2. The van der Waals surface area contributed by atoms with Crippen molar-refractivity contribution in [1.82, 2.24) is 9.97 Å². The van der Waals surface area contributed by atoms with Gasteiger partial charge in [-0.15, -0.1) is 0 Å². The van der Waals surface area contributed by atoms with Crippen LogP contribution in [0.4, 0.5) is 5.82 Å². The second kappa shape index (κ2) is 6.83. The van der Waals surface area contributed by atoms with Gasteiger partial charge in [0.15, 0.2) is 0 Å². The van der Waals surface area contributed by atoms with E-state index in [1.807, 2.05) is 44.2 Å². The number of rotatable bonds is 6. The van der Waals surface area contributed by atoms with E-state index in [0.29, 0.717) is 11.5 Å². The Morgan fingerprint density at radius 3 is 2.62 bits per heavy atom. The van der Waals surface area contributed by atoms with Crippen LogP contribution >= 0.6 is 0 Å². The lowest BCUT2D eigenvalue weighted by molar-refractivity contribution is -0.139. The van der Waals surface area contributed by atoms with Gasteiger partial charge in [0.25, 0.3) is 0 Å². The molecule has 0 spiro atoms. The van der Waals surface area contributed by atoms with Crippen molar-refractivity contribution in [3.05, 3.63) is 42.7 Å². The van der Waals surface area contributed by atoms with Crippen LogP contribution in [0, 0.1) is 5.92 Å². The first-order valence-electron chi connectivity index (χ1n) is 6.98. The molecule has 110 valence electrons. The van der Waals surface area contributed by atoms with Gasteiger partial charge in [0.2, 0.25) is 0 Å². The molecule has 0 fully saturated rings. The topological polar surface area (TPSA) is 75.1 Å². The SMILES string of the molecule is CC[C@H](C)[C@H](Nc1cncc(-c2ccccc2)n1)C(=O)O. The fourth-order valence-corrected chi connectivity index (χ4v) is 2.03. The first kappa shape index (κ1) is 15.0. The van der Waals surface area contributed by atoms with Crippen molar-refractivity contribution in [1.29, 1.82) is 0 Å². The molecule has 21 heavy (non-hydrogen) atoms. The average Bonchev–Trinajstić information content (AvgIpc) is 2.53. The van der Waals surface area contributed by atoms with Crippen LogP contribution in [0.25, 0.3) is 11.3 Å². The summed E-state index contributed by atoms with van der Waals surface area (Å²) in [6.45, 7) is 3.87. The van der Waals surface area contributed by atoms with Crippen LogP contribution in [0.3, 0.4) is 0 Å². The van der Waals surface area contributed by atoms with Crippen molar-refractivity contribution >= 4 is 11.8 Å². The molecule has 0 radical (unpaired) electrons. The van der Waals surface area contributed by atoms with Crippen molar-refractivity contribution < 1.29 is 9.90 Å². The zero-order valence-corrected chi connectivity index (χ0v) is 12.2. The van der Waals surface area contributed by atoms with Gasteiger partial charge in [-0.05, 0) is 5.92 Å². The van der Waals surface area contributed by atoms with Crippen molar-refractivity contribution in [2.45, 2.75) is 26.3 Å². The lowest BCUT2D eigenvalue weighted by Gasteiger charge is -2.20. The second-order valence-electron chi connectivity index (χ2n) is 5.00. The molecule has 1 aromatic carbocycles. The Morgan fingerprint density at radius 2 is 2.00 bits per heavy atom. The molecule has 0 saturated heterocycles. The molecule has 2 atom stereocenters. The largest absolute Gasteiger partial charge is 0.480 e. The molecule has 2 rings (SSSR count). The predicted octanol–water partition coefficient (Wildman–Crippen LogP) is 3.05. The maximum absolute atomic E-state index is 11.3. The summed E-state index contributed by atoms with van der Waals surface area (Å²) in [5.41, 5.74) is 1.66. The van der Waals surface area contributed by atoms with Gasteiger partial charge in [0.1, 0.15) is 11.9 Å². The fourth-order valence-electron chi connectivity index (χ4n) is 2.03. The number of aromatic nitrogens is 2. The number of carboxylic acid groups (broad SMARTS) is 1. The summed E-state index contributed by atoms with van der Waals surface area (Å²) in [7, 11) is 0. The number of hydrogen-bond acceptors (Lipinski definition) is 4. The second-order valence-corrected chi connectivity index (χ2v) is 5.00. The number of carbonyl (C=O) groups is 1. The summed E-state index contributed by atoms with van der Waals surface area (Å²) in [6.07, 6.45) is 3.99. The normalized spacial score (nSPS) is 13.4. The molecule has 1 aromatic heterocycles. The van der Waals surface area contributed by atoms with Crippen molar-refractivity contribution in [3.63, 3.8) is 0 Å².